The van der Waals surface area contributed by atoms with Crippen molar-refractivity contribution in [3.63, 3.8) is 0 Å². The lowest BCUT2D eigenvalue weighted by Crippen LogP contribution is -2.33. The minimum atomic E-state index is -0.627. The lowest BCUT2D eigenvalue weighted by Gasteiger charge is -2.09. The van der Waals surface area contributed by atoms with Crippen LogP contribution in [0.2, 0.25) is 0 Å². The molecule has 0 fully saturated rings. The van der Waals surface area contributed by atoms with E-state index in [-0.39, 0.29) is 18.9 Å². The first-order chi connectivity index (χ1) is 12.9. The molecule has 0 unspecified atom stereocenters. The number of rotatable bonds is 8. The first kappa shape index (κ1) is 20.4. The fourth-order valence-electron chi connectivity index (χ4n) is 2.35. The van der Waals surface area contributed by atoms with Crippen molar-refractivity contribution in [3.05, 3.63) is 58.1 Å². The molecule has 0 aromatic heterocycles. The molecule has 27 heavy (non-hydrogen) atoms. The predicted octanol–water partition coefficient (Wildman–Crippen LogP) is 2.24. The van der Waals surface area contributed by atoms with Gasteiger partial charge in [0.1, 0.15) is 5.75 Å². The van der Waals surface area contributed by atoms with Crippen molar-refractivity contribution >= 4 is 39.3 Å². The SMILES string of the molecule is COc1ccc(CCC(=O)Nc2cccc(C(=O)NCC(N)=O)c2)cc1Br. The Morgan fingerprint density at radius 3 is 2.59 bits per heavy atom. The summed E-state index contributed by atoms with van der Waals surface area (Å²) in [7, 11) is 1.59. The normalized spacial score (nSPS) is 10.1. The van der Waals surface area contributed by atoms with E-state index in [1.165, 1.54) is 6.07 Å². The Balaban J connectivity index is 1.92. The molecule has 4 N–H and O–H groups in total. The van der Waals surface area contributed by atoms with Crippen LogP contribution in [0.5, 0.6) is 5.75 Å². The van der Waals surface area contributed by atoms with Crippen LogP contribution in [-0.2, 0) is 16.0 Å². The Kier molecular flexibility index (Phi) is 7.36. The molecule has 0 saturated heterocycles. The zero-order chi connectivity index (χ0) is 19.8. The summed E-state index contributed by atoms with van der Waals surface area (Å²) in [6, 6.07) is 12.1. The third-order valence-corrected chi connectivity index (χ3v) is 4.31. The average molecular weight is 434 g/mol. The number of amides is 3. The van der Waals surface area contributed by atoms with Gasteiger partial charge in [0.2, 0.25) is 11.8 Å². The quantitative estimate of drug-likeness (QED) is 0.592. The number of halogens is 1. The second-order valence-electron chi connectivity index (χ2n) is 5.75. The molecule has 0 radical (unpaired) electrons. The van der Waals surface area contributed by atoms with Gasteiger partial charge >= 0.3 is 0 Å². The summed E-state index contributed by atoms with van der Waals surface area (Å²) in [5.74, 6) is -0.503. The Morgan fingerprint density at radius 2 is 1.93 bits per heavy atom. The first-order valence-electron chi connectivity index (χ1n) is 8.18. The molecule has 142 valence electrons. The van der Waals surface area contributed by atoms with Gasteiger partial charge in [0.05, 0.1) is 18.1 Å². The third kappa shape index (κ3) is 6.41. The summed E-state index contributed by atoms with van der Waals surface area (Å²) in [5.41, 5.74) is 6.83. The number of anilines is 1. The van der Waals surface area contributed by atoms with Crippen LogP contribution < -0.4 is 21.1 Å². The lowest BCUT2D eigenvalue weighted by atomic mass is 10.1. The number of aryl methyl sites for hydroxylation is 1. The van der Waals surface area contributed by atoms with Crippen LogP contribution in [0.25, 0.3) is 0 Å². The van der Waals surface area contributed by atoms with Crippen LogP contribution in [0.1, 0.15) is 22.3 Å². The molecule has 8 heteroatoms. The van der Waals surface area contributed by atoms with E-state index in [9.17, 15) is 14.4 Å². The van der Waals surface area contributed by atoms with Gasteiger partial charge in [-0.3, -0.25) is 14.4 Å². The van der Waals surface area contributed by atoms with Crippen LogP contribution >= 0.6 is 15.9 Å². The van der Waals surface area contributed by atoms with Crippen molar-refractivity contribution in [1.29, 1.82) is 0 Å². The van der Waals surface area contributed by atoms with Gasteiger partial charge in [0.25, 0.3) is 5.91 Å². The van der Waals surface area contributed by atoms with Gasteiger partial charge in [-0.05, 0) is 58.2 Å². The molecule has 2 aromatic carbocycles. The first-order valence-corrected chi connectivity index (χ1v) is 8.97. The number of ether oxygens (including phenoxy) is 1. The summed E-state index contributed by atoms with van der Waals surface area (Å²) in [4.78, 5) is 34.9. The second-order valence-corrected chi connectivity index (χ2v) is 6.60. The molecule has 0 bridgehead atoms. The molecule has 7 nitrogen and oxygen atoms in total. The van der Waals surface area contributed by atoms with Gasteiger partial charge in [-0.25, -0.2) is 0 Å². The van der Waals surface area contributed by atoms with Gasteiger partial charge in [-0.1, -0.05) is 12.1 Å². The average Bonchev–Trinajstić information content (AvgIpc) is 2.64. The largest absolute Gasteiger partial charge is 0.496 e. The number of methoxy groups -OCH3 is 1. The molecular weight excluding hydrogens is 414 g/mol. The summed E-state index contributed by atoms with van der Waals surface area (Å²) in [6.07, 6.45) is 0.851. The zero-order valence-electron chi connectivity index (χ0n) is 14.8. The van der Waals surface area contributed by atoms with E-state index in [0.717, 1.165) is 15.8 Å². The highest BCUT2D eigenvalue weighted by Gasteiger charge is 2.09. The van der Waals surface area contributed by atoms with Crippen molar-refractivity contribution in [2.45, 2.75) is 12.8 Å². The molecule has 0 aliphatic heterocycles. The van der Waals surface area contributed by atoms with Crippen LogP contribution in [0.15, 0.2) is 46.9 Å². The van der Waals surface area contributed by atoms with E-state index in [4.69, 9.17) is 10.5 Å². The highest BCUT2D eigenvalue weighted by Crippen LogP contribution is 2.26. The Morgan fingerprint density at radius 1 is 1.15 bits per heavy atom. The minimum Gasteiger partial charge on any atom is -0.496 e. The molecule has 0 aliphatic rings. The molecule has 2 rings (SSSR count). The van der Waals surface area contributed by atoms with Crippen LogP contribution in [0.3, 0.4) is 0 Å². The molecular formula is C19H20BrN3O4. The zero-order valence-corrected chi connectivity index (χ0v) is 16.3. The van der Waals surface area contributed by atoms with Crippen molar-refractivity contribution in [2.24, 2.45) is 5.73 Å². The fraction of sp³-hybridized carbons (Fsp3) is 0.211. The predicted molar refractivity (Wildman–Crippen MR) is 106 cm³/mol. The summed E-state index contributed by atoms with van der Waals surface area (Å²) < 4.78 is 6.01. The highest BCUT2D eigenvalue weighted by atomic mass is 79.9. The number of hydrogen-bond donors (Lipinski definition) is 3. The summed E-state index contributed by atoms with van der Waals surface area (Å²) in [5, 5.41) is 5.16. The number of carbonyl (C=O) groups excluding carboxylic acids is 3. The molecule has 0 saturated carbocycles. The number of benzene rings is 2. The van der Waals surface area contributed by atoms with E-state index in [2.05, 4.69) is 26.6 Å². The van der Waals surface area contributed by atoms with E-state index in [0.29, 0.717) is 17.7 Å². The smallest absolute Gasteiger partial charge is 0.251 e. The van der Waals surface area contributed by atoms with E-state index >= 15 is 0 Å². The Bertz CT molecular complexity index is 855. The van der Waals surface area contributed by atoms with Crippen molar-refractivity contribution in [3.8, 4) is 5.75 Å². The third-order valence-electron chi connectivity index (χ3n) is 3.69. The molecule has 0 spiro atoms. The van der Waals surface area contributed by atoms with Crippen molar-refractivity contribution in [2.75, 3.05) is 19.0 Å². The van der Waals surface area contributed by atoms with Crippen LogP contribution in [-0.4, -0.2) is 31.4 Å². The summed E-state index contributed by atoms with van der Waals surface area (Å²) in [6.45, 7) is -0.243. The maximum Gasteiger partial charge on any atom is 0.251 e. The molecule has 0 atom stereocenters. The molecule has 0 aliphatic carbocycles. The Hall–Kier alpha value is -2.87. The van der Waals surface area contributed by atoms with Gasteiger partial charge in [0, 0.05) is 17.7 Å². The lowest BCUT2D eigenvalue weighted by molar-refractivity contribution is -0.117. The van der Waals surface area contributed by atoms with E-state index in [1.807, 2.05) is 18.2 Å². The van der Waals surface area contributed by atoms with Gasteiger partial charge in [-0.15, -0.1) is 0 Å². The number of carbonyl (C=O) groups is 3. The molecule has 3 amide bonds. The van der Waals surface area contributed by atoms with Gasteiger partial charge in [0.15, 0.2) is 0 Å². The van der Waals surface area contributed by atoms with Crippen LogP contribution in [0, 0.1) is 0 Å². The monoisotopic (exact) mass is 433 g/mol. The number of nitrogens with two attached hydrogens (primary N) is 1. The number of nitrogens with one attached hydrogen (secondary N) is 2. The minimum absolute atomic E-state index is 0.170. The van der Waals surface area contributed by atoms with Crippen molar-refractivity contribution < 1.29 is 19.1 Å². The maximum atomic E-state index is 12.2. The van der Waals surface area contributed by atoms with Gasteiger partial charge < -0.3 is 21.1 Å². The fourth-order valence-corrected chi connectivity index (χ4v) is 2.94. The second kappa shape index (κ2) is 9.72. The molecule has 0 heterocycles. The van der Waals surface area contributed by atoms with Gasteiger partial charge in [-0.2, -0.15) is 0 Å². The Labute approximate surface area is 165 Å². The molecule has 2 aromatic rings. The van der Waals surface area contributed by atoms with E-state index < -0.39 is 11.8 Å². The number of primary amides is 1. The highest BCUT2D eigenvalue weighted by molar-refractivity contribution is 9.10. The van der Waals surface area contributed by atoms with Crippen molar-refractivity contribution in [1.82, 2.24) is 5.32 Å². The van der Waals surface area contributed by atoms with E-state index in [1.54, 1.807) is 25.3 Å². The maximum absolute atomic E-state index is 12.2. The number of hydrogen-bond acceptors (Lipinski definition) is 4. The standard InChI is InChI=1S/C19H20BrN3O4/c1-27-16-7-5-12(9-15(16)20)6-8-18(25)23-14-4-2-3-13(10-14)19(26)22-11-17(21)24/h2-5,7,9-10H,6,8,11H2,1H3,(H2,21,24)(H,22,26)(H,23,25). The topological polar surface area (TPSA) is 111 Å². The van der Waals surface area contributed by atoms with Crippen LogP contribution in [0.4, 0.5) is 5.69 Å². The summed E-state index contributed by atoms with van der Waals surface area (Å²) >= 11 is 3.42.